The number of rotatable bonds is 8. The molecule has 2 heterocycles. The Hall–Kier alpha value is -2.83. The van der Waals surface area contributed by atoms with Crippen LogP contribution in [0.1, 0.15) is 34.3 Å². The summed E-state index contributed by atoms with van der Waals surface area (Å²) in [5, 5.41) is 5.04. The minimum Gasteiger partial charge on any atom is -0.383 e. The second-order valence-electron chi connectivity index (χ2n) is 8.10. The van der Waals surface area contributed by atoms with Gasteiger partial charge in [0.2, 0.25) is 5.88 Å². The predicted molar refractivity (Wildman–Crippen MR) is 126 cm³/mol. The van der Waals surface area contributed by atoms with Gasteiger partial charge in [-0.05, 0) is 50.1 Å². The van der Waals surface area contributed by atoms with Crippen LogP contribution in [0.15, 0.2) is 53.1 Å². The summed E-state index contributed by atoms with van der Waals surface area (Å²) in [4.78, 5) is 17.4. The van der Waals surface area contributed by atoms with Gasteiger partial charge in [-0.1, -0.05) is 40.5 Å². The molecule has 0 aliphatic carbocycles. The van der Waals surface area contributed by atoms with Crippen molar-refractivity contribution < 1.29 is 14.1 Å². The topological polar surface area (TPSA) is 58.8 Å². The Morgan fingerprint density at radius 1 is 1.19 bits per heavy atom. The van der Waals surface area contributed by atoms with Crippen LogP contribution in [-0.4, -0.2) is 49.3 Å². The van der Waals surface area contributed by atoms with Crippen LogP contribution < -0.4 is 4.90 Å². The molecule has 0 unspecified atom stereocenters. The first-order valence-corrected chi connectivity index (χ1v) is 11.3. The molecular formula is C25H28ClN3O3. The molecule has 1 aliphatic rings. The fourth-order valence-electron chi connectivity index (χ4n) is 4.05. The summed E-state index contributed by atoms with van der Waals surface area (Å²) in [6.07, 6.45) is 2.24. The zero-order chi connectivity index (χ0) is 22.5. The van der Waals surface area contributed by atoms with Crippen molar-refractivity contribution in [3.8, 4) is 11.3 Å². The number of benzene rings is 2. The van der Waals surface area contributed by atoms with E-state index in [0.29, 0.717) is 30.3 Å². The number of hydrogen-bond donors (Lipinski definition) is 0. The summed E-state index contributed by atoms with van der Waals surface area (Å²) in [7, 11) is 1.64. The highest BCUT2D eigenvalue weighted by atomic mass is 35.5. The molecule has 2 aromatic carbocycles. The molecule has 0 atom stereocenters. The highest BCUT2D eigenvalue weighted by Crippen LogP contribution is 2.34. The number of ether oxygens (including phenoxy) is 1. The van der Waals surface area contributed by atoms with E-state index in [1.165, 1.54) is 0 Å². The number of methoxy groups -OCH3 is 1. The number of halogens is 1. The Labute approximate surface area is 193 Å². The number of aryl methyl sites for hydroxylation is 1. The largest absolute Gasteiger partial charge is 0.383 e. The van der Waals surface area contributed by atoms with Gasteiger partial charge in [-0.2, -0.15) is 0 Å². The van der Waals surface area contributed by atoms with E-state index in [-0.39, 0.29) is 5.91 Å². The van der Waals surface area contributed by atoms with Crippen molar-refractivity contribution in [3.05, 3.63) is 70.2 Å². The van der Waals surface area contributed by atoms with E-state index in [2.05, 4.69) is 29.1 Å². The monoisotopic (exact) mass is 453 g/mol. The van der Waals surface area contributed by atoms with Gasteiger partial charge in [0.1, 0.15) is 5.69 Å². The van der Waals surface area contributed by atoms with E-state index in [1.54, 1.807) is 36.3 Å². The molecule has 1 fully saturated rings. The molecule has 0 radical (unpaired) electrons. The molecule has 6 nitrogen and oxygen atoms in total. The first kappa shape index (κ1) is 22.4. The van der Waals surface area contributed by atoms with E-state index in [0.717, 1.165) is 54.2 Å². The van der Waals surface area contributed by atoms with Gasteiger partial charge in [0.15, 0.2) is 0 Å². The second kappa shape index (κ2) is 10.2. The highest BCUT2D eigenvalue weighted by Gasteiger charge is 2.28. The van der Waals surface area contributed by atoms with Crippen molar-refractivity contribution in [2.75, 3.05) is 38.3 Å². The van der Waals surface area contributed by atoms with Crippen LogP contribution in [0.25, 0.3) is 11.3 Å². The maximum absolute atomic E-state index is 13.4. The average molecular weight is 454 g/mol. The molecular weight excluding hydrogens is 426 g/mol. The normalized spacial score (nSPS) is 13.5. The van der Waals surface area contributed by atoms with E-state index in [4.69, 9.17) is 20.9 Å². The van der Waals surface area contributed by atoms with Crippen LogP contribution in [0.3, 0.4) is 0 Å². The Morgan fingerprint density at radius 2 is 1.94 bits per heavy atom. The summed E-state index contributed by atoms with van der Waals surface area (Å²) in [5.74, 6) is 0.674. The first-order chi connectivity index (χ1) is 15.6. The van der Waals surface area contributed by atoms with E-state index < -0.39 is 0 Å². The summed E-state index contributed by atoms with van der Waals surface area (Å²) in [6, 6.07) is 15.2. The van der Waals surface area contributed by atoms with Gasteiger partial charge in [0.25, 0.3) is 5.91 Å². The third-order valence-corrected chi connectivity index (χ3v) is 6.00. The summed E-state index contributed by atoms with van der Waals surface area (Å²) < 4.78 is 11.2. The van der Waals surface area contributed by atoms with Gasteiger partial charge in [0.05, 0.1) is 18.7 Å². The van der Waals surface area contributed by atoms with Crippen molar-refractivity contribution in [3.63, 3.8) is 0 Å². The predicted octanol–water partition coefficient (Wildman–Crippen LogP) is 5.19. The molecule has 1 aliphatic heterocycles. The lowest BCUT2D eigenvalue weighted by molar-refractivity contribution is 0.0681. The number of anilines is 1. The quantitative estimate of drug-likeness (QED) is 0.469. The first-order valence-electron chi connectivity index (χ1n) is 10.9. The van der Waals surface area contributed by atoms with Gasteiger partial charge >= 0.3 is 0 Å². The standard InChI is InChI=1S/C25H28ClN3O3/c1-18-6-5-7-20(16-18)23-22(25(32-27-23)28-12-3-4-13-28)17-29(14-15-31-2)24(30)19-8-10-21(26)11-9-19/h5-11,16H,3-4,12-15,17H2,1-2H3. The Balaban J connectivity index is 1.72. The average Bonchev–Trinajstić information content (AvgIpc) is 3.46. The fraction of sp³-hybridized carbons (Fsp3) is 0.360. The Bertz CT molecular complexity index is 1060. The molecule has 3 aromatic rings. The fourth-order valence-corrected chi connectivity index (χ4v) is 4.18. The lowest BCUT2D eigenvalue weighted by Gasteiger charge is -2.24. The van der Waals surface area contributed by atoms with E-state index in [9.17, 15) is 4.79 Å². The lowest BCUT2D eigenvalue weighted by atomic mass is 10.0. The maximum atomic E-state index is 13.4. The third-order valence-electron chi connectivity index (χ3n) is 5.74. The zero-order valence-corrected chi connectivity index (χ0v) is 19.3. The Morgan fingerprint density at radius 3 is 2.62 bits per heavy atom. The SMILES string of the molecule is COCCN(Cc1c(-c2cccc(C)c2)noc1N1CCCC1)C(=O)c1ccc(Cl)cc1. The molecule has 1 saturated heterocycles. The molecule has 1 aromatic heterocycles. The molecule has 0 saturated carbocycles. The minimum atomic E-state index is -0.0810. The number of carbonyl (C=O) groups is 1. The number of hydrogen-bond acceptors (Lipinski definition) is 5. The van der Waals surface area contributed by atoms with Crippen molar-refractivity contribution in [1.82, 2.24) is 10.1 Å². The van der Waals surface area contributed by atoms with Crippen molar-refractivity contribution in [1.29, 1.82) is 0 Å². The smallest absolute Gasteiger partial charge is 0.254 e. The number of carbonyl (C=O) groups excluding carboxylic acids is 1. The molecule has 7 heteroatoms. The lowest BCUT2D eigenvalue weighted by Crippen LogP contribution is -2.34. The minimum absolute atomic E-state index is 0.0810. The van der Waals surface area contributed by atoms with Gasteiger partial charge in [-0.3, -0.25) is 4.79 Å². The van der Waals surface area contributed by atoms with Crippen LogP contribution >= 0.6 is 11.6 Å². The van der Waals surface area contributed by atoms with Crippen LogP contribution in [0.5, 0.6) is 0 Å². The Kier molecular flexibility index (Phi) is 7.12. The zero-order valence-electron chi connectivity index (χ0n) is 18.5. The second-order valence-corrected chi connectivity index (χ2v) is 8.54. The number of amides is 1. The van der Waals surface area contributed by atoms with Crippen LogP contribution in [0, 0.1) is 6.92 Å². The van der Waals surface area contributed by atoms with Gasteiger partial charge in [0, 0.05) is 42.9 Å². The molecule has 0 spiro atoms. The van der Waals surface area contributed by atoms with Gasteiger partial charge < -0.3 is 19.1 Å². The summed E-state index contributed by atoms with van der Waals surface area (Å²) >= 11 is 6.02. The number of aromatic nitrogens is 1. The summed E-state index contributed by atoms with van der Waals surface area (Å²) in [5.41, 5.74) is 4.42. The van der Waals surface area contributed by atoms with Crippen molar-refractivity contribution in [2.45, 2.75) is 26.3 Å². The van der Waals surface area contributed by atoms with Crippen molar-refractivity contribution >= 4 is 23.4 Å². The molecule has 1 amide bonds. The molecule has 0 bridgehead atoms. The van der Waals surface area contributed by atoms with Gasteiger partial charge in [-0.15, -0.1) is 0 Å². The van der Waals surface area contributed by atoms with Crippen LogP contribution in [0.4, 0.5) is 5.88 Å². The molecule has 4 rings (SSSR count). The maximum Gasteiger partial charge on any atom is 0.254 e. The van der Waals surface area contributed by atoms with Crippen LogP contribution in [-0.2, 0) is 11.3 Å². The third kappa shape index (κ3) is 4.97. The molecule has 0 N–H and O–H groups in total. The van der Waals surface area contributed by atoms with Crippen LogP contribution in [0.2, 0.25) is 5.02 Å². The number of nitrogens with zero attached hydrogens (tertiary/aromatic N) is 3. The van der Waals surface area contributed by atoms with Crippen molar-refractivity contribution in [2.24, 2.45) is 0 Å². The van der Waals surface area contributed by atoms with Gasteiger partial charge in [-0.25, -0.2) is 0 Å². The highest BCUT2D eigenvalue weighted by molar-refractivity contribution is 6.30. The van der Waals surface area contributed by atoms with E-state index in [1.807, 2.05) is 12.1 Å². The molecule has 32 heavy (non-hydrogen) atoms. The van der Waals surface area contributed by atoms with E-state index >= 15 is 0 Å². The summed E-state index contributed by atoms with van der Waals surface area (Å²) in [6.45, 7) is 5.18. The molecule has 168 valence electrons.